The zero-order valence-electron chi connectivity index (χ0n) is 20.3. The Balaban J connectivity index is 1.42. The summed E-state index contributed by atoms with van der Waals surface area (Å²) in [4.78, 5) is 41.6. The van der Waals surface area contributed by atoms with Crippen molar-refractivity contribution in [2.75, 3.05) is 51.0 Å². The van der Waals surface area contributed by atoms with Crippen molar-refractivity contribution in [2.45, 2.75) is 12.5 Å². The highest BCUT2D eigenvalue weighted by Gasteiger charge is 2.37. The molecular formula is C24H24F4N4O7. The second-order valence-electron chi connectivity index (χ2n) is 8.90. The van der Waals surface area contributed by atoms with E-state index >= 15 is 8.78 Å². The number of ether oxygens (including phenoxy) is 1. The Morgan fingerprint density at radius 3 is 2.33 bits per heavy atom. The van der Waals surface area contributed by atoms with E-state index in [1.807, 2.05) is 5.32 Å². The summed E-state index contributed by atoms with van der Waals surface area (Å²) in [6.45, 7) is -1.41. The van der Waals surface area contributed by atoms with Gasteiger partial charge in [0.05, 0.1) is 18.7 Å². The first-order valence-electron chi connectivity index (χ1n) is 11.8. The molecule has 2 amide bonds. The van der Waals surface area contributed by atoms with Gasteiger partial charge in [-0.15, -0.1) is 0 Å². The minimum atomic E-state index is -3.23. The summed E-state index contributed by atoms with van der Waals surface area (Å²) in [5.41, 5.74) is -0.542. The van der Waals surface area contributed by atoms with Gasteiger partial charge in [0.25, 0.3) is 11.8 Å². The molecule has 0 aliphatic carbocycles. The normalized spacial score (nSPS) is 21.6. The van der Waals surface area contributed by atoms with Crippen LogP contribution in [0, 0.1) is 16.8 Å². The standard InChI is InChI=1S/C24H24F4N4O7/c25-18-9-16(32(37)12-17(38-13-32)11-29-22(33)21(27)28)10-19(26)20(18)30-5-6-31(39-8-7-30)23(34)14-1-3-15(4-2-14)24(35)36/h1-4,9-10,17,21H,5-8,11-13H2,(H,29,33)(H,35,36). The molecular weight excluding hydrogens is 532 g/mol. The number of carboxylic acids is 1. The molecule has 2 aliphatic rings. The van der Waals surface area contributed by atoms with E-state index in [1.165, 1.54) is 29.2 Å². The van der Waals surface area contributed by atoms with Crippen molar-refractivity contribution < 1.29 is 46.6 Å². The average molecular weight is 556 g/mol. The van der Waals surface area contributed by atoms with Gasteiger partial charge in [0, 0.05) is 37.3 Å². The monoisotopic (exact) mass is 556 g/mol. The molecule has 0 spiro atoms. The van der Waals surface area contributed by atoms with Crippen LogP contribution in [0.3, 0.4) is 0 Å². The SMILES string of the molecule is O=C(O)c1ccc(C(=O)N2CCN(c3c(F)cc([N+]4([O-])COC(CNC(=O)C(F)F)C4)cc3F)CCO2)cc1. The highest BCUT2D eigenvalue weighted by atomic mass is 19.3. The number of quaternary nitrogens is 1. The Morgan fingerprint density at radius 2 is 1.72 bits per heavy atom. The van der Waals surface area contributed by atoms with Crippen molar-refractivity contribution in [1.82, 2.24) is 15.0 Å². The van der Waals surface area contributed by atoms with Gasteiger partial charge in [0.2, 0.25) is 0 Å². The fourth-order valence-electron chi connectivity index (χ4n) is 4.28. The zero-order valence-corrected chi connectivity index (χ0v) is 20.3. The lowest BCUT2D eigenvalue weighted by atomic mass is 10.1. The zero-order chi connectivity index (χ0) is 28.3. The molecule has 15 heteroatoms. The molecule has 0 bridgehead atoms. The van der Waals surface area contributed by atoms with Gasteiger partial charge < -0.3 is 29.9 Å². The summed E-state index contributed by atoms with van der Waals surface area (Å²) in [5, 5.41) is 25.1. The van der Waals surface area contributed by atoms with Gasteiger partial charge >= 0.3 is 12.4 Å². The largest absolute Gasteiger partial charge is 0.626 e. The van der Waals surface area contributed by atoms with Crippen molar-refractivity contribution in [3.8, 4) is 0 Å². The first kappa shape index (κ1) is 28.2. The lowest BCUT2D eigenvalue weighted by Gasteiger charge is -2.36. The molecule has 0 saturated carbocycles. The molecule has 4 rings (SSSR count). The number of rotatable bonds is 7. The van der Waals surface area contributed by atoms with Gasteiger partial charge in [-0.2, -0.15) is 8.78 Å². The number of alkyl halides is 2. The van der Waals surface area contributed by atoms with Gasteiger partial charge in [-0.25, -0.2) is 18.6 Å². The third kappa shape index (κ3) is 6.27. The summed E-state index contributed by atoms with van der Waals surface area (Å²) in [5.74, 6) is -5.29. The van der Waals surface area contributed by atoms with Crippen molar-refractivity contribution >= 4 is 29.2 Å². The lowest BCUT2D eigenvalue weighted by Crippen LogP contribution is -2.44. The molecule has 2 fully saturated rings. The number of carboxylic acid groups (broad SMARTS) is 1. The summed E-state index contributed by atoms with van der Waals surface area (Å²) < 4.78 is 58.9. The number of nitrogens with one attached hydrogen (secondary N) is 1. The van der Waals surface area contributed by atoms with Gasteiger partial charge in [-0.05, 0) is 24.3 Å². The molecule has 210 valence electrons. The fraction of sp³-hybridized carbons (Fsp3) is 0.375. The smallest absolute Gasteiger partial charge is 0.335 e. The topological polar surface area (TPSA) is 131 Å². The minimum absolute atomic E-state index is 0.000540. The summed E-state index contributed by atoms with van der Waals surface area (Å²) in [6, 6.07) is 6.93. The molecule has 2 saturated heterocycles. The third-order valence-corrected chi connectivity index (χ3v) is 6.29. The quantitative estimate of drug-likeness (QED) is 0.301. The van der Waals surface area contributed by atoms with E-state index in [1.54, 1.807) is 0 Å². The highest BCUT2D eigenvalue weighted by molar-refractivity contribution is 5.95. The van der Waals surface area contributed by atoms with E-state index in [4.69, 9.17) is 14.7 Å². The number of amides is 2. The second kappa shape index (κ2) is 11.5. The van der Waals surface area contributed by atoms with Crippen molar-refractivity contribution in [2.24, 2.45) is 0 Å². The molecule has 0 radical (unpaired) electrons. The maximum Gasteiger partial charge on any atom is 0.335 e. The summed E-state index contributed by atoms with van der Waals surface area (Å²) >= 11 is 0. The number of hydrogen-bond donors (Lipinski definition) is 2. The number of benzene rings is 2. The number of aromatic carboxylic acids is 1. The van der Waals surface area contributed by atoms with Gasteiger partial charge in [0.1, 0.15) is 24.0 Å². The summed E-state index contributed by atoms with van der Waals surface area (Å²) in [6.07, 6.45) is -4.16. The van der Waals surface area contributed by atoms with E-state index in [0.29, 0.717) is 0 Å². The molecule has 11 nitrogen and oxygen atoms in total. The Labute approximate surface area is 219 Å². The molecule has 2 unspecified atom stereocenters. The number of carbonyl (C=O) groups excluding carboxylic acids is 2. The number of hydroxylamine groups is 4. The maximum atomic E-state index is 15.1. The number of hydrogen-bond acceptors (Lipinski definition) is 7. The van der Waals surface area contributed by atoms with Crippen LogP contribution >= 0.6 is 0 Å². The fourth-order valence-corrected chi connectivity index (χ4v) is 4.28. The van der Waals surface area contributed by atoms with E-state index < -0.39 is 59.0 Å². The average Bonchev–Trinajstić information content (AvgIpc) is 3.13. The van der Waals surface area contributed by atoms with Gasteiger partial charge in [-0.3, -0.25) is 14.4 Å². The van der Waals surface area contributed by atoms with Crippen molar-refractivity contribution in [3.05, 3.63) is 64.4 Å². The number of halogens is 4. The first-order valence-corrected chi connectivity index (χ1v) is 11.8. The molecule has 2 aliphatic heterocycles. The van der Waals surface area contributed by atoms with Crippen LogP contribution in [0.2, 0.25) is 0 Å². The second-order valence-corrected chi connectivity index (χ2v) is 8.90. The molecule has 2 atom stereocenters. The molecule has 2 aromatic rings. The van der Waals surface area contributed by atoms with Gasteiger partial charge in [-0.1, -0.05) is 0 Å². The predicted octanol–water partition coefficient (Wildman–Crippen LogP) is 2.10. The van der Waals surface area contributed by atoms with Crippen LogP contribution in [0.25, 0.3) is 0 Å². The highest BCUT2D eigenvalue weighted by Crippen LogP contribution is 2.34. The Hall–Kier alpha value is -3.79. The maximum absolute atomic E-state index is 15.1. The van der Waals surface area contributed by atoms with E-state index in [9.17, 15) is 28.4 Å². The predicted molar refractivity (Wildman–Crippen MR) is 128 cm³/mol. The molecule has 0 aromatic heterocycles. The lowest BCUT2D eigenvalue weighted by molar-refractivity contribution is -0.132. The number of carbonyl (C=O) groups is 3. The molecule has 2 heterocycles. The summed E-state index contributed by atoms with van der Waals surface area (Å²) in [7, 11) is 0. The number of nitrogens with zero attached hydrogens (tertiary/aromatic N) is 3. The van der Waals surface area contributed by atoms with Crippen LogP contribution in [0.15, 0.2) is 36.4 Å². The van der Waals surface area contributed by atoms with Crippen LogP contribution in [0.5, 0.6) is 0 Å². The van der Waals surface area contributed by atoms with Crippen LogP contribution in [0.4, 0.5) is 28.9 Å². The van der Waals surface area contributed by atoms with Crippen LogP contribution in [-0.4, -0.2) is 86.5 Å². The van der Waals surface area contributed by atoms with Crippen molar-refractivity contribution in [3.63, 3.8) is 0 Å². The molecule has 2 aromatic carbocycles. The van der Waals surface area contributed by atoms with E-state index in [2.05, 4.69) is 0 Å². The molecule has 2 N–H and O–H groups in total. The minimum Gasteiger partial charge on any atom is -0.626 e. The van der Waals surface area contributed by atoms with E-state index in [-0.39, 0.29) is 56.1 Å². The Morgan fingerprint density at radius 1 is 1.08 bits per heavy atom. The first-order chi connectivity index (χ1) is 18.5. The van der Waals surface area contributed by atoms with E-state index in [0.717, 1.165) is 17.2 Å². The Kier molecular flexibility index (Phi) is 8.34. The Bertz CT molecular complexity index is 1230. The molecule has 39 heavy (non-hydrogen) atoms. The third-order valence-electron chi connectivity index (χ3n) is 6.29. The van der Waals surface area contributed by atoms with Crippen LogP contribution < -0.4 is 14.9 Å². The number of anilines is 1. The van der Waals surface area contributed by atoms with Gasteiger partial charge in [0.15, 0.2) is 18.4 Å². The van der Waals surface area contributed by atoms with Crippen LogP contribution in [0.1, 0.15) is 20.7 Å². The van der Waals surface area contributed by atoms with Crippen LogP contribution in [-0.2, 0) is 14.4 Å². The van der Waals surface area contributed by atoms with Crippen molar-refractivity contribution in [1.29, 1.82) is 0 Å².